The van der Waals surface area contributed by atoms with E-state index in [4.69, 9.17) is 9.47 Å². The molecule has 0 aromatic heterocycles. The first-order valence-corrected chi connectivity index (χ1v) is 5.11. The van der Waals surface area contributed by atoms with Crippen LogP contribution >= 0.6 is 15.9 Å². The number of benzene rings is 1. The van der Waals surface area contributed by atoms with Crippen LogP contribution < -0.4 is 9.47 Å². The monoisotopic (exact) mass is 287 g/mol. The second-order valence-electron chi connectivity index (χ2n) is 2.81. The van der Waals surface area contributed by atoms with Crippen molar-refractivity contribution in [2.75, 3.05) is 14.2 Å². The van der Waals surface area contributed by atoms with E-state index in [0.717, 1.165) is 6.20 Å². The molecule has 5 nitrogen and oxygen atoms in total. The molecule has 0 spiro atoms. The molecule has 1 aromatic carbocycles. The molecule has 86 valence electrons. The zero-order chi connectivity index (χ0) is 12.1. The van der Waals surface area contributed by atoms with Crippen molar-refractivity contribution in [1.29, 1.82) is 0 Å². The third-order valence-corrected chi connectivity index (χ3v) is 2.71. The molecule has 0 unspecified atom stereocenters. The van der Waals surface area contributed by atoms with Gasteiger partial charge in [-0.3, -0.25) is 10.1 Å². The minimum Gasteiger partial charge on any atom is -0.493 e. The molecule has 0 amide bonds. The Morgan fingerprint density at radius 3 is 2.56 bits per heavy atom. The standard InChI is InChI=1S/C10H10BrNO4/c1-15-8-4-3-7(5-6-12(13)14)9(11)10(8)16-2/h3-6H,1-2H3/b6-5+. The molecule has 0 N–H and O–H groups in total. The molecule has 0 aliphatic heterocycles. The third-order valence-electron chi connectivity index (χ3n) is 1.89. The molecule has 0 radical (unpaired) electrons. The van der Waals surface area contributed by atoms with Gasteiger partial charge in [0, 0.05) is 6.08 Å². The number of nitrogens with zero attached hydrogens (tertiary/aromatic N) is 1. The second kappa shape index (κ2) is 5.50. The van der Waals surface area contributed by atoms with E-state index in [0.29, 0.717) is 21.5 Å². The van der Waals surface area contributed by atoms with Gasteiger partial charge in [0.1, 0.15) is 0 Å². The van der Waals surface area contributed by atoms with E-state index in [2.05, 4.69) is 15.9 Å². The molecule has 6 heteroatoms. The molecule has 0 aliphatic rings. The van der Waals surface area contributed by atoms with Gasteiger partial charge in [-0.1, -0.05) is 0 Å². The van der Waals surface area contributed by atoms with Crippen molar-refractivity contribution < 1.29 is 14.4 Å². The SMILES string of the molecule is COc1ccc(/C=C/[N+](=O)[O-])c(Br)c1OC. The topological polar surface area (TPSA) is 61.6 Å². The summed E-state index contributed by atoms with van der Waals surface area (Å²) >= 11 is 3.30. The van der Waals surface area contributed by atoms with Crippen molar-refractivity contribution in [3.63, 3.8) is 0 Å². The van der Waals surface area contributed by atoms with Crippen molar-refractivity contribution in [3.8, 4) is 11.5 Å². The Morgan fingerprint density at radius 2 is 2.06 bits per heavy atom. The average Bonchev–Trinajstić information content (AvgIpc) is 2.26. The summed E-state index contributed by atoms with van der Waals surface area (Å²) in [6, 6.07) is 3.38. The van der Waals surface area contributed by atoms with Gasteiger partial charge in [-0.15, -0.1) is 0 Å². The lowest BCUT2D eigenvalue weighted by Gasteiger charge is -2.10. The van der Waals surface area contributed by atoms with Crippen LogP contribution in [-0.2, 0) is 0 Å². The van der Waals surface area contributed by atoms with Crippen LogP contribution in [0.15, 0.2) is 22.8 Å². The molecule has 1 aromatic rings. The summed E-state index contributed by atoms with van der Waals surface area (Å²) in [5, 5.41) is 10.2. The summed E-state index contributed by atoms with van der Waals surface area (Å²) in [6.45, 7) is 0. The van der Waals surface area contributed by atoms with E-state index >= 15 is 0 Å². The Hall–Kier alpha value is -1.56. The minimum atomic E-state index is -0.525. The van der Waals surface area contributed by atoms with Gasteiger partial charge >= 0.3 is 0 Å². The lowest BCUT2D eigenvalue weighted by molar-refractivity contribution is -0.400. The van der Waals surface area contributed by atoms with Crippen molar-refractivity contribution in [3.05, 3.63) is 38.5 Å². The fourth-order valence-corrected chi connectivity index (χ4v) is 1.80. The van der Waals surface area contributed by atoms with Crippen LogP contribution in [0.4, 0.5) is 0 Å². The van der Waals surface area contributed by atoms with Crippen LogP contribution in [0.3, 0.4) is 0 Å². The quantitative estimate of drug-likeness (QED) is 0.631. The van der Waals surface area contributed by atoms with Gasteiger partial charge in [0.2, 0.25) is 6.20 Å². The maximum absolute atomic E-state index is 10.2. The summed E-state index contributed by atoms with van der Waals surface area (Å²) in [5.74, 6) is 1.07. The number of hydrogen-bond acceptors (Lipinski definition) is 4. The Morgan fingerprint density at radius 1 is 1.38 bits per heavy atom. The maximum Gasteiger partial charge on any atom is 0.235 e. The van der Waals surface area contributed by atoms with Gasteiger partial charge in [-0.2, -0.15) is 0 Å². The second-order valence-corrected chi connectivity index (χ2v) is 3.60. The van der Waals surface area contributed by atoms with Crippen molar-refractivity contribution in [2.45, 2.75) is 0 Å². The van der Waals surface area contributed by atoms with Crippen molar-refractivity contribution in [2.24, 2.45) is 0 Å². The predicted octanol–water partition coefficient (Wildman–Crippen LogP) is 2.71. The number of ether oxygens (including phenoxy) is 2. The van der Waals surface area contributed by atoms with E-state index in [1.807, 2.05) is 0 Å². The van der Waals surface area contributed by atoms with E-state index in [9.17, 15) is 10.1 Å². The summed E-state index contributed by atoms with van der Waals surface area (Å²) in [6.07, 6.45) is 2.25. The number of hydrogen-bond donors (Lipinski definition) is 0. The van der Waals surface area contributed by atoms with Gasteiger partial charge < -0.3 is 9.47 Å². The lowest BCUT2D eigenvalue weighted by Crippen LogP contribution is -1.93. The molecule has 0 saturated carbocycles. The van der Waals surface area contributed by atoms with Gasteiger partial charge in [0.25, 0.3) is 0 Å². The lowest BCUT2D eigenvalue weighted by atomic mass is 10.2. The van der Waals surface area contributed by atoms with Gasteiger partial charge in [0.15, 0.2) is 11.5 Å². The van der Waals surface area contributed by atoms with Crippen LogP contribution in [0.25, 0.3) is 6.08 Å². The smallest absolute Gasteiger partial charge is 0.235 e. The maximum atomic E-state index is 10.2. The molecule has 0 atom stereocenters. The number of halogens is 1. The van der Waals surface area contributed by atoms with E-state index < -0.39 is 4.92 Å². The zero-order valence-electron chi connectivity index (χ0n) is 8.77. The molecule has 16 heavy (non-hydrogen) atoms. The number of methoxy groups -OCH3 is 2. The molecular formula is C10H10BrNO4. The zero-order valence-corrected chi connectivity index (χ0v) is 10.4. The van der Waals surface area contributed by atoms with E-state index in [-0.39, 0.29) is 0 Å². The van der Waals surface area contributed by atoms with E-state index in [1.165, 1.54) is 20.3 Å². The van der Waals surface area contributed by atoms with Crippen LogP contribution in [0.2, 0.25) is 0 Å². The highest BCUT2D eigenvalue weighted by Gasteiger charge is 2.11. The Bertz CT molecular complexity index is 431. The van der Waals surface area contributed by atoms with Gasteiger partial charge in [-0.25, -0.2) is 0 Å². The fourth-order valence-electron chi connectivity index (χ4n) is 1.17. The van der Waals surface area contributed by atoms with Crippen molar-refractivity contribution >= 4 is 22.0 Å². The normalized spacial score (nSPS) is 10.4. The Kier molecular flexibility index (Phi) is 4.30. The fraction of sp³-hybridized carbons (Fsp3) is 0.200. The largest absolute Gasteiger partial charge is 0.493 e. The number of nitro groups is 1. The summed E-state index contributed by atoms with van der Waals surface area (Å²) in [4.78, 5) is 9.68. The highest BCUT2D eigenvalue weighted by Crippen LogP contribution is 2.37. The average molecular weight is 288 g/mol. The van der Waals surface area contributed by atoms with Crippen molar-refractivity contribution in [1.82, 2.24) is 0 Å². The van der Waals surface area contributed by atoms with Gasteiger partial charge in [-0.05, 0) is 33.6 Å². The molecule has 0 fully saturated rings. The molecule has 1 rings (SSSR count). The van der Waals surface area contributed by atoms with Crippen LogP contribution in [0, 0.1) is 10.1 Å². The highest BCUT2D eigenvalue weighted by atomic mass is 79.9. The van der Waals surface area contributed by atoms with Crippen LogP contribution in [0.1, 0.15) is 5.56 Å². The van der Waals surface area contributed by atoms with Crippen LogP contribution in [-0.4, -0.2) is 19.1 Å². The van der Waals surface area contributed by atoms with Crippen LogP contribution in [0.5, 0.6) is 11.5 Å². The summed E-state index contributed by atoms with van der Waals surface area (Å²) < 4.78 is 10.8. The first-order chi connectivity index (χ1) is 7.60. The molecular weight excluding hydrogens is 278 g/mol. The summed E-state index contributed by atoms with van der Waals surface area (Å²) in [7, 11) is 3.03. The molecule has 0 heterocycles. The summed E-state index contributed by atoms with van der Waals surface area (Å²) in [5.41, 5.74) is 0.648. The minimum absolute atomic E-state index is 0.507. The predicted molar refractivity (Wildman–Crippen MR) is 63.3 cm³/mol. The third kappa shape index (κ3) is 2.73. The Labute approximate surface area is 101 Å². The van der Waals surface area contributed by atoms with Gasteiger partial charge in [0.05, 0.1) is 23.6 Å². The molecule has 0 aliphatic carbocycles. The first kappa shape index (κ1) is 12.5. The van der Waals surface area contributed by atoms with E-state index in [1.54, 1.807) is 12.1 Å². The molecule has 0 saturated heterocycles. The number of rotatable bonds is 4. The highest BCUT2D eigenvalue weighted by molar-refractivity contribution is 9.10. The molecule has 0 bridgehead atoms. The Balaban J connectivity index is 3.18. The first-order valence-electron chi connectivity index (χ1n) is 4.32.